The lowest BCUT2D eigenvalue weighted by molar-refractivity contribution is 0.404. The third kappa shape index (κ3) is 3.39. The number of ether oxygens (including phenoxy) is 2. The summed E-state index contributed by atoms with van der Waals surface area (Å²) in [6.07, 6.45) is 0. The summed E-state index contributed by atoms with van der Waals surface area (Å²) in [5.74, 6) is -2.01. The summed E-state index contributed by atoms with van der Waals surface area (Å²) >= 11 is 0. The number of anilines is 1. The molecule has 0 unspecified atom stereocenters. The number of hydrogen-bond acceptors (Lipinski definition) is 3. The van der Waals surface area contributed by atoms with Crippen LogP contribution in [0.25, 0.3) is 0 Å². The minimum absolute atomic E-state index is 0.0128. The minimum atomic E-state index is -1.21. The van der Waals surface area contributed by atoms with E-state index in [1.807, 2.05) is 0 Å². The number of nitrogens with one attached hydrogen (secondary N) is 1. The molecule has 6 heteroatoms. The van der Waals surface area contributed by atoms with Gasteiger partial charge in [0.2, 0.25) is 0 Å². The molecule has 0 bridgehead atoms. The molecule has 0 saturated heterocycles. The highest BCUT2D eigenvalue weighted by molar-refractivity contribution is 5.60. The summed E-state index contributed by atoms with van der Waals surface area (Å²) in [4.78, 5) is 0. The van der Waals surface area contributed by atoms with Crippen molar-refractivity contribution in [2.45, 2.75) is 6.54 Å². The standard InChI is InChI=1S/C15H14F3NO2/c1-20-10-3-4-15(21-2)14(6-10)19-8-9-5-12(17)13(18)7-11(9)16/h3-7,19H,8H2,1-2H3. The predicted molar refractivity (Wildman–Crippen MR) is 73.2 cm³/mol. The Labute approximate surface area is 120 Å². The maximum atomic E-state index is 13.6. The Morgan fingerprint density at radius 1 is 0.905 bits per heavy atom. The van der Waals surface area contributed by atoms with Crippen LogP contribution in [0.5, 0.6) is 11.5 Å². The first-order valence-electron chi connectivity index (χ1n) is 6.14. The van der Waals surface area contributed by atoms with Gasteiger partial charge in [0.05, 0.1) is 19.9 Å². The van der Waals surface area contributed by atoms with Gasteiger partial charge in [-0.25, -0.2) is 13.2 Å². The van der Waals surface area contributed by atoms with E-state index in [0.29, 0.717) is 23.3 Å². The summed E-state index contributed by atoms with van der Waals surface area (Å²) in [6, 6.07) is 6.40. The van der Waals surface area contributed by atoms with Gasteiger partial charge in [-0.2, -0.15) is 0 Å². The summed E-state index contributed by atoms with van der Waals surface area (Å²) < 4.78 is 49.8. The van der Waals surface area contributed by atoms with E-state index >= 15 is 0 Å². The molecule has 0 atom stereocenters. The molecule has 2 aromatic carbocycles. The highest BCUT2D eigenvalue weighted by Gasteiger charge is 2.11. The summed E-state index contributed by atoms with van der Waals surface area (Å²) in [7, 11) is 3.01. The highest BCUT2D eigenvalue weighted by Crippen LogP contribution is 2.29. The van der Waals surface area contributed by atoms with E-state index in [1.165, 1.54) is 14.2 Å². The lowest BCUT2D eigenvalue weighted by Gasteiger charge is -2.13. The zero-order valence-electron chi connectivity index (χ0n) is 11.5. The molecule has 0 aromatic heterocycles. The molecule has 0 fully saturated rings. The Kier molecular flexibility index (Phi) is 4.57. The van der Waals surface area contributed by atoms with Crippen LogP contribution in [0.15, 0.2) is 30.3 Å². The lowest BCUT2D eigenvalue weighted by Crippen LogP contribution is -2.05. The van der Waals surface area contributed by atoms with Crippen LogP contribution < -0.4 is 14.8 Å². The Balaban J connectivity index is 2.21. The number of rotatable bonds is 5. The molecule has 1 N–H and O–H groups in total. The number of benzene rings is 2. The Bertz CT molecular complexity index is 647. The van der Waals surface area contributed by atoms with Gasteiger partial charge in [-0.15, -0.1) is 0 Å². The van der Waals surface area contributed by atoms with Gasteiger partial charge in [0.25, 0.3) is 0 Å². The van der Waals surface area contributed by atoms with Gasteiger partial charge in [-0.3, -0.25) is 0 Å². The van der Waals surface area contributed by atoms with Crippen LogP contribution in [-0.2, 0) is 6.54 Å². The summed E-state index contributed by atoms with van der Waals surface area (Å²) in [5.41, 5.74) is 0.569. The van der Waals surface area contributed by atoms with E-state index in [-0.39, 0.29) is 12.1 Å². The van der Waals surface area contributed by atoms with Crippen molar-refractivity contribution in [1.82, 2.24) is 0 Å². The second kappa shape index (κ2) is 6.39. The third-order valence-electron chi connectivity index (χ3n) is 2.97. The molecule has 21 heavy (non-hydrogen) atoms. The fourth-order valence-electron chi connectivity index (χ4n) is 1.84. The molecule has 0 amide bonds. The second-order valence-corrected chi connectivity index (χ2v) is 4.28. The molecular formula is C15H14F3NO2. The topological polar surface area (TPSA) is 30.5 Å². The van der Waals surface area contributed by atoms with Crippen molar-refractivity contribution in [2.24, 2.45) is 0 Å². The van der Waals surface area contributed by atoms with Crippen LogP contribution in [-0.4, -0.2) is 14.2 Å². The Morgan fingerprint density at radius 2 is 1.62 bits per heavy atom. The zero-order valence-corrected chi connectivity index (χ0v) is 11.5. The molecule has 0 aliphatic heterocycles. The zero-order chi connectivity index (χ0) is 15.4. The molecular weight excluding hydrogens is 283 g/mol. The largest absolute Gasteiger partial charge is 0.497 e. The van der Waals surface area contributed by atoms with Crippen LogP contribution in [0.4, 0.5) is 18.9 Å². The van der Waals surface area contributed by atoms with E-state index in [0.717, 1.165) is 6.07 Å². The molecule has 0 radical (unpaired) electrons. The monoisotopic (exact) mass is 297 g/mol. The van der Waals surface area contributed by atoms with Gasteiger partial charge in [-0.1, -0.05) is 0 Å². The van der Waals surface area contributed by atoms with Gasteiger partial charge >= 0.3 is 0 Å². The molecule has 0 aliphatic carbocycles. The van der Waals surface area contributed by atoms with E-state index < -0.39 is 17.5 Å². The van der Waals surface area contributed by atoms with Gasteiger partial charge in [-0.05, 0) is 18.2 Å². The van der Waals surface area contributed by atoms with Gasteiger partial charge < -0.3 is 14.8 Å². The highest BCUT2D eigenvalue weighted by atomic mass is 19.2. The molecule has 0 heterocycles. The molecule has 2 aromatic rings. The van der Waals surface area contributed by atoms with Crippen molar-refractivity contribution in [2.75, 3.05) is 19.5 Å². The number of halogens is 3. The minimum Gasteiger partial charge on any atom is -0.497 e. The van der Waals surface area contributed by atoms with Gasteiger partial charge in [0.15, 0.2) is 11.6 Å². The van der Waals surface area contributed by atoms with E-state index in [1.54, 1.807) is 18.2 Å². The Morgan fingerprint density at radius 3 is 2.29 bits per heavy atom. The van der Waals surface area contributed by atoms with Crippen molar-refractivity contribution in [3.05, 3.63) is 53.3 Å². The van der Waals surface area contributed by atoms with Crippen molar-refractivity contribution in [3.63, 3.8) is 0 Å². The molecule has 3 nitrogen and oxygen atoms in total. The second-order valence-electron chi connectivity index (χ2n) is 4.28. The van der Waals surface area contributed by atoms with E-state index in [4.69, 9.17) is 9.47 Å². The third-order valence-corrected chi connectivity index (χ3v) is 2.97. The summed E-state index contributed by atoms with van der Waals surface area (Å²) in [6.45, 7) is -0.0213. The first-order chi connectivity index (χ1) is 10.0. The number of hydrogen-bond donors (Lipinski definition) is 1. The average molecular weight is 297 g/mol. The fraction of sp³-hybridized carbons (Fsp3) is 0.200. The smallest absolute Gasteiger partial charge is 0.161 e. The van der Waals surface area contributed by atoms with Crippen LogP contribution in [0, 0.1) is 17.5 Å². The Hall–Kier alpha value is -2.37. The lowest BCUT2D eigenvalue weighted by atomic mass is 10.2. The SMILES string of the molecule is COc1ccc(OC)c(NCc2cc(F)c(F)cc2F)c1. The predicted octanol–water partition coefficient (Wildman–Crippen LogP) is 3.73. The van der Waals surface area contributed by atoms with Crippen LogP contribution in [0.3, 0.4) is 0 Å². The first kappa shape index (κ1) is 15.0. The maximum absolute atomic E-state index is 13.6. The van der Waals surface area contributed by atoms with Gasteiger partial charge in [0.1, 0.15) is 17.3 Å². The van der Waals surface area contributed by atoms with E-state index in [2.05, 4.69) is 5.32 Å². The van der Waals surface area contributed by atoms with Crippen molar-refractivity contribution < 1.29 is 22.6 Å². The van der Waals surface area contributed by atoms with E-state index in [9.17, 15) is 13.2 Å². The van der Waals surface area contributed by atoms with Crippen molar-refractivity contribution in [3.8, 4) is 11.5 Å². The molecule has 0 saturated carbocycles. The van der Waals surface area contributed by atoms with Crippen LogP contribution >= 0.6 is 0 Å². The van der Waals surface area contributed by atoms with Crippen LogP contribution in [0.1, 0.15) is 5.56 Å². The normalized spacial score (nSPS) is 10.3. The number of methoxy groups -OCH3 is 2. The van der Waals surface area contributed by atoms with Gasteiger partial charge in [0, 0.05) is 24.2 Å². The van der Waals surface area contributed by atoms with Crippen molar-refractivity contribution in [1.29, 1.82) is 0 Å². The van der Waals surface area contributed by atoms with Crippen molar-refractivity contribution >= 4 is 5.69 Å². The quantitative estimate of drug-likeness (QED) is 0.853. The molecule has 2 rings (SSSR count). The molecule has 0 spiro atoms. The van der Waals surface area contributed by atoms with Crippen LogP contribution in [0.2, 0.25) is 0 Å². The average Bonchev–Trinajstić information content (AvgIpc) is 2.49. The molecule has 112 valence electrons. The fourth-order valence-corrected chi connectivity index (χ4v) is 1.84. The summed E-state index contributed by atoms with van der Waals surface area (Å²) in [5, 5.41) is 2.91. The molecule has 0 aliphatic rings. The first-order valence-corrected chi connectivity index (χ1v) is 6.14. The maximum Gasteiger partial charge on any atom is 0.161 e.